The number of carbonyl (C=O) groups excluding carboxylic acids is 3. The van der Waals surface area contributed by atoms with Gasteiger partial charge < -0.3 is 16.0 Å². The Hall–Kier alpha value is -2.38. The minimum absolute atomic E-state index is 0.141. The lowest BCUT2D eigenvalue weighted by Gasteiger charge is -2.09. The summed E-state index contributed by atoms with van der Waals surface area (Å²) in [5.41, 5.74) is 0.995. The Labute approximate surface area is 148 Å². The highest BCUT2D eigenvalue weighted by Gasteiger charge is 2.09. The van der Waals surface area contributed by atoms with E-state index in [9.17, 15) is 14.4 Å². The minimum atomic E-state index is -0.246. The van der Waals surface area contributed by atoms with Gasteiger partial charge in [0.1, 0.15) is 0 Å². The molecule has 0 unspecified atom stereocenters. The zero-order valence-electron chi connectivity index (χ0n) is 12.9. The number of benzene rings is 1. The molecule has 8 heteroatoms. The van der Waals surface area contributed by atoms with Crippen molar-refractivity contribution in [3.63, 3.8) is 0 Å². The van der Waals surface area contributed by atoms with E-state index >= 15 is 0 Å². The maximum Gasteiger partial charge on any atom is 0.261 e. The lowest BCUT2D eigenvalue weighted by Crippen LogP contribution is -2.27. The zero-order chi connectivity index (χ0) is 17.5. The number of thiophene rings is 1. The number of anilines is 2. The average Bonchev–Trinajstić information content (AvgIpc) is 3.04. The molecule has 0 atom stereocenters. The fourth-order valence-electron chi connectivity index (χ4n) is 1.89. The Morgan fingerprint density at radius 1 is 1.17 bits per heavy atom. The van der Waals surface area contributed by atoms with Gasteiger partial charge in [-0.1, -0.05) is 17.7 Å². The van der Waals surface area contributed by atoms with Crippen molar-refractivity contribution in [3.8, 4) is 0 Å². The smallest absolute Gasteiger partial charge is 0.261 e. The topological polar surface area (TPSA) is 87.3 Å². The van der Waals surface area contributed by atoms with E-state index in [0.29, 0.717) is 21.3 Å². The molecule has 1 aromatic heterocycles. The summed E-state index contributed by atoms with van der Waals surface area (Å²) in [6, 6.07) is 8.31. The van der Waals surface area contributed by atoms with Gasteiger partial charge in [0, 0.05) is 25.6 Å². The summed E-state index contributed by atoms with van der Waals surface area (Å²) < 4.78 is 0. The molecule has 0 aliphatic rings. The molecule has 1 heterocycles. The van der Waals surface area contributed by atoms with Crippen LogP contribution in [-0.2, 0) is 9.59 Å². The van der Waals surface area contributed by atoms with Gasteiger partial charge in [-0.2, -0.15) is 0 Å². The van der Waals surface area contributed by atoms with Gasteiger partial charge in [-0.3, -0.25) is 14.4 Å². The van der Waals surface area contributed by atoms with Crippen LogP contribution in [0.3, 0.4) is 0 Å². The first kappa shape index (κ1) is 18.0. The molecule has 2 rings (SSSR count). The van der Waals surface area contributed by atoms with Crippen LogP contribution >= 0.6 is 22.9 Å². The summed E-state index contributed by atoms with van der Waals surface area (Å²) in [6.45, 7) is 1.62. The molecule has 3 amide bonds. The zero-order valence-corrected chi connectivity index (χ0v) is 14.5. The van der Waals surface area contributed by atoms with Crippen LogP contribution in [0.1, 0.15) is 23.0 Å². The van der Waals surface area contributed by atoms with Crippen molar-refractivity contribution >= 4 is 52.0 Å². The first-order valence-corrected chi connectivity index (χ1v) is 8.40. The van der Waals surface area contributed by atoms with E-state index in [1.54, 1.807) is 30.3 Å². The SMILES string of the molecule is CC(=O)Nc1ccc(NC(=O)CCNC(=O)c2cccs2)cc1Cl. The molecule has 0 saturated heterocycles. The number of halogens is 1. The van der Waals surface area contributed by atoms with E-state index in [2.05, 4.69) is 16.0 Å². The van der Waals surface area contributed by atoms with E-state index in [1.807, 2.05) is 5.38 Å². The molecule has 2 aromatic rings. The van der Waals surface area contributed by atoms with Gasteiger partial charge >= 0.3 is 0 Å². The number of carbonyl (C=O) groups is 3. The fraction of sp³-hybridized carbons (Fsp3) is 0.188. The summed E-state index contributed by atoms with van der Waals surface area (Å²) in [4.78, 5) is 35.2. The van der Waals surface area contributed by atoms with Crippen molar-refractivity contribution in [1.82, 2.24) is 5.32 Å². The van der Waals surface area contributed by atoms with Crippen LogP contribution in [0.5, 0.6) is 0 Å². The third-order valence-corrected chi connectivity index (χ3v) is 4.13. The number of hydrogen-bond donors (Lipinski definition) is 3. The normalized spacial score (nSPS) is 10.1. The van der Waals surface area contributed by atoms with Gasteiger partial charge in [-0.15, -0.1) is 11.3 Å². The van der Waals surface area contributed by atoms with Crippen LogP contribution < -0.4 is 16.0 Å². The van der Waals surface area contributed by atoms with E-state index in [0.717, 1.165) is 0 Å². The van der Waals surface area contributed by atoms with E-state index in [-0.39, 0.29) is 30.7 Å². The van der Waals surface area contributed by atoms with Gasteiger partial charge in [0.2, 0.25) is 11.8 Å². The third-order valence-electron chi connectivity index (χ3n) is 2.95. The van der Waals surface area contributed by atoms with Crippen LogP contribution in [-0.4, -0.2) is 24.3 Å². The van der Waals surface area contributed by atoms with Gasteiger partial charge in [0.05, 0.1) is 15.6 Å². The van der Waals surface area contributed by atoms with Crippen molar-refractivity contribution in [2.24, 2.45) is 0 Å². The van der Waals surface area contributed by atoms with Crippen LogP contribution in [0.2, 0.25) is 5.02 Å². The maximum atomic E-state index is 11.9. The molecule has 24 heavy (non-hydrogen) atoms. The summed E-state index contributed by atoms with van der Waals surface area (Å²) >= 11 is 7.38. The summed E-state index contributed by atoms with van der Waals surface area (Å²) in [6.07, 6.45) is 0.141. The molecule has 0 spiro atoms. The lowest BCUT2D eigenvalue weighted by molar-refractivity contribution is -0.116. The highest BCUT2D eigenvalue weighted by atomic mass is 35.5. The Bertz CT molecular complexity index is 747. The standard InChI is InChI=1S/C16H16ClN3O3S/c1-10(21)19-13-5-4-11(9-12(13)17)20-15(22)6-7-18-16(23)14-3-2-8-24-14/h2-5,8-9H,6-7H2,1H3,(H,18,23)(H,19,21)(H,20,22). The molecule has 126 valence electrons. The van der Waals surface area contributed by atoms with Crippen molar-refractivity contribution in [3.05, 3.63) is 45.6 Å². The fourth-order valence-corrected chi connectivity index (χ4v) is 2.76. The molecule has 0 aliphatic heterocycles. The van der Waals surface area contributed by atoms with E-state index < -0.39 is 0 Å². The van der Waals surface area contributed by atoms with Crippen molar-refractivity contribution in [1.29, 1.82) is 0 Å². The lowest BCUT2D eigenvalue weighted by atomic mass is 10.2. The molecule has 0 fully saturated rings. The minimum Gasteiger partial charge on any atom is -0.351 e. The van der Waals surface area contributed by atoms with Gasteiger partial charge in [0.25, 0.3) is 5.91 Å². The van der Waals surface area contributed by atoms with Gasteiger partial charge in [0.15, 0.2) is 0 Å². The highest BCUT2D eigenvalue weighted by Crippen LogP contribution is 2.25. The molecule has 1 aromatic carbocycles. The second kappa shape index (κ2) is 8.47. The molecular formula is C16H16ClN3O3S. The predicted molar refractivity (Wildman–Crippen MR) is 95.7 cm³/mol. The first-order chi connectivity index (χ1) is 11.5. The number of hydrogen-bond acceptors (Lipinski definition) is 4. The van der Waals surface area contributed by atoms with E-state index in [4.69, 9.17) is 11.6 Å². The summed E-state index contributed by atoms with van der Waals surface area (Å²) in [7, 11) is 0. The number of nitrogens with one attached hydrogen (secondary N) is 3. The average molecular weight is 366 g/mol. The number of amides is 3. The molecule has 0 radical (unpaired) electrons. The quantitative estimate of drug-likeness (QED) is 0.735. The maximum absolute atomic E-state index is 11.9. The largest absolute Gasteiger partial charge is 0.351 e. The van der Waals surface area contributed by atoms with Crippen molar-refractivity contribution in [2.75, 3.05) is 17.2 Å². The summed E-state index contributed by atoms with van der Waals surface area (Å²) in [5, 5.41) is 10.1. The highest BCUT2D eigenvalue weighted by molar-refractivity contribution is 7.12. The Morgan fingerprint density at radius 3 is 2.58 bits per heavy atom. The molecule has 0 saturated carbocycles. The Kier molecular flexibility index (Phi) is 6.34. The van der Waals surface area contributed by atoms with Crippen molar-refractivity contribution in [2.45, 2.75) is 13.3 Å². The summed E-state index contributed by atoms with van der Waals surface area (Å²) in [5.74, 6) is -0.666. The molecule has 0 aliphatic carbocycles. The molecule has 3 N–H and O–H groups in total. The second-order valence-electron chi connectivity index (χ2n) is 4.91. The Morgan fingerprint density at radius 2 is 1.96 bits per heavy atom. The molecule has 0 bridgehead atoms. The molecular weight excluding hydrogens is 350 g/mol. The predicted octanol–water partition coefficient (Wildman–Crippen LogP) is 3.12. The number of rotatable bonds is 6. The second-order valence-corrected chi connectivity index (χ2v) is 6.26. The van der Waals surface area contributed by atoms with Crippen LogP contribution in [0, 0.1) is 0 Å². The third kappa shape index (κ3) is 5.36. The monoisotopic (exact) mass is 365 g/mol. The first-order valence-electron chi connectivity index (χ1n) is 7.14. The van der Waals surface area contributed by atoms with Crippen molar-refractivity contribution < 1.29 is 14.4 Å². The van der Waals surface area contributed by atoms with Crippen LogP contribution in [0.15, 0.2) is 35.7 Å². The Balaban J connectivity index is 1.81. The van der Waals surface area contributed by atoms with Gasteiger partial charge in [-0.25, -0.2) is 0 Å². The van der Waals surface area contributed by atoms with Crippen LogP contribution in [0.4, 0.5) is 11.4 Å². The van der Waals surface area contributed by atoms with Gasteiger partial charge in [-0.05, 0) is 29.6 Å². The molecule has 6 nitrogen and oxygen atoms in total. The van der Waals surface area contributed by atoms with E-state index in [1.165, 1.54) is 18.3 Å². The van der Waals surface area contributed by atoms with Crippen LogP contribution in [0.25, 0.3) is 0 Å².